The highest BCUT2D eigenvalue weighted by atomic mass is 16.5. The van der Waals surface area contributed by atoms with Crippen molar-refractivity contribution in [2.24, 2.45) is 0 Å². The summed E-state index contributed by atoms with van der Waals surface area (Å²) >= 11 is 0. The molecular formula is C24H43N5O9. The smallest absolute Gasteiger partial charge is 0.317 e. The van der Waals surface area contributed by atoms with Crippen LogP contribution in [0.5, 0.6) is 0 Å². The number of amides is 1. The van der Waals surface area contributed by atoms with Crippen LogP contribution in [0.1, 0.15) is 26.7 Å². The van der Waals surface area contributed by atoms with Crippen molar-refractivity contribution in [1.29, 1.82) is 0 Å². The first-order chi connectivity index (χ1) is 18.0. The zero-order valence-electron chi connectivity index (χ0n) is 22.5. The third-order valence-corrected chi connectivity index (χ3v) is 6.11. The predicted molar refractivity (Wildman–Crippen MR) is 137 cm³/mol. The van der Waals surface area contributed by atoms with Gasteiger partial charge < -0.3 is 25.4 Å². The second-order valence-corrected chi connectivity index (χ2v) is 9.41. The van der Waals surface area contributed by atoms with E-state index in [9.17, 15) is 39.3 Å². The summed E-state index contributed by atoms with van der Waals surface area (Å²) in [5.41, 5.74) is 0. The lowest BCUT2D eigenvalue weighted by Gasteiger charge is -2.32. The van der Waals surface area contributed by atoms with Gasteiger partial charge in [0.15, 0.2) is 0 Å². The van der Waals surface area contributed by atoms with Crippen molar-refractivity contribution < 1.29 is 44.0 Å². The molecule has 4 N–H and O–H groups in total. The SMILES string of the molecule is CCC(=O)CC(C)OCCNC(=O)CN1CCN(CC(=O)O)CCN(CC(=O)O)CCN(CC(=O)O)CC1. The van der Waals surface area contributed by atoms with E-state index in [0.717, 1.165) is 0 Å². The first-order valence-corrected chi connectivity index (χ1v) is 12.9. The number of carboxylic acid groups (broad SMARTS) is 3. The molecule has 38 heavy (non-hydrogen) atoms. The summed E-state index contributed by atoms with van der Waals surface area (Å²) < 4.78 is 5.57. The molecule has 1 aliphatic heterocycles. The Morgan fingerprint density at radius 3 is 1.42 bits per heavy atom. The van der Waals surface area contributed by atoms with E-state index in [1.165, 1.54) is 0 Å². The van der Waals surface area contributed by atoms with Crippen molar-refractivity contribution >= 4 is 29.6 Å². The number of nitrogens with zero attached hydrogens (tertiary/aromatic N) is 4. The van der Waals surface area contributed by atoms with Crippen molar-refractivity contribution in [2.75, 3.05) is 91.7 Å². The molecule has 0 aliphatic carbocycles. The van der Waals surface area contributed by atoms with Gasteiger partial charge in [-0.1, -0.05) is 6.92 Å². The third-order valence-electron chi connectivity index (χ3n) is 6.11. The largest absolute Gasteiger partial charge is 0.480 e. The first-order valence-electron chi connectivity index (χ1n) is 12.9. The van der Waals surface area contributed by atoms with Gasteiger partial charge in [-0.05, 0) is 6.92 Å². The fourth-order valence-electron chi connectivity index (χ4n) is 4.02. The van der Waals surface area contributed by atoms with Crippen LogP contribution in [0.4, 0.5) is 0 Å². The molecule has 1 aliphatic rings. The van der Waals surface area contributed by atoms with E-state index in [-0.39, 0.29) is 57.1 Å². The minimum atomic E-state index is -1.02. The lowest BCUT2D eigenvalue weighted by atomic mass is 10.1. The van der Waals surface area contributed by atoms with Crippen LogP contribution in [0.3, 0.4) is 0 Å². The number of carbonyl (C=O) groups excluding carboxylic acids is 2. The molecule has 1 fully saturated rings. The molecule has 0 aromatic carbocycles. The van der Waals surface area contributed by atoms with Gasteiger partial charge in [-0.2, -0.15) is 0 Å². The van der Waals surface area contributed by atoms with Crippen molar-refractivity contribution in [3.05, 3.63) is 0 Å². The number of nitrogens with one attached hydrogen (secondary N) is 1. The monoisotopic (exact) mass is 545 g/mol. The van der Waals surface area contributed by atoms with E-state index in [1.807, 2.05) is 4.90 Å². The second kappa shape index (κ2) is 18.6. The van der Waals surface area contributed by atoms with Crippen LogP contribution in [0.15, 0.2) is 0 Å². The average Bonchev–Trinajstić information content (AvgIpc) is 2.82. The number of rotatable bonds is 15. The summed E-state index contributed by atoms with van der Waals surface area (Å²) in [6.07, 6.45) is 0.543. The minimum Gasteiger partial charge on any atom is -0.480 e. The molecule has 0 radical (unpaired) electrons. The van der Waals surface area contributed by atoms with Crippen LogP contribution in [0, 0.1) is 0 Å². The third kappa shape index (κ3) is 16.2. The Morgan fingerprint density at radius 2 is 1.08 bits per heavy atom. The molecule has 1 saturated heterocycles. The molecule has 1 heterocycles. The molecule has 14 nitrogen and oxygen atoms in total. The van der Waals surface area contributed by atoms with Crippen molar-refractivity contribution in [1.82, 2.24) is 24.9 Å². The average molecular weight is 546 g/mol. The summed E-state index contributed by atoms with van der Waals surface area (Å²) in [6.45, 7) is 6.16. The minimum absolute atomic E-state index is 0.0385. The molecule has 0 aromatic heterocycles. The number of ketones is 1. The standard InChI is InChI=1S/C24H43N5O9/c1-3-20(30)14-19(2)38-13-4-25-21(31)15-26-5-7-27(16-22(32)33)9-11-29(18-24(36)37)12-10-28(8-6-26)17-23(34)35/h19H,3-18H2,1-2H3,(H,25,31)(H,32,33)(H,34,35)(H,36,37). The molecule has 1 atom stereocenters. The normalized spacial score (nSPS) is 18.2. The van der Waals surface area contributed by atoms with Gasteiger partial charge in [0.2, 0.25) is 5.91 Å². The van der Waals surface area contributed by atoms with Crippen molar-refractivity contribution in [2.45, 2.75) is 32.8 Å². The molecule has 1 unspecified atom stereocenters. The van der Waals surface area contributed by atoms with E-state index < -0.39 is 17.9 Å². The quantitative estimate of drug-likeness (QED) is 0.172. The Bertz CT molecular complexity index is 750. The molecule has 1 rings (SSSR count). The Labute approximate surface area is 223 Å². The van der Waals surface area contributed by atoms with E-state index in [0.29, 0.717) is 65.2 Å². The van der Waals surface area contributed by atoms with Gasteiger partial charge in [0, 0.05) is 71.7 Å². The molecule has 0 aromatic rings. The van der Waals surface area contributed by atoms with Crippen LogP contribution in [-0.2, 0) is 28.7 Å². The Hall–Kier alpha value is -2.65. The number of carbonyl (C=O) groups is 5. The lowest BCUT2D eigenvalue weighted by molar-refractivity contribution is -0.140. The number of hydrogen-bond donors (Lipinski definition) is 4. The number of hydrogen-bond acceptors (Lipinski definition) is 10. The van der Waals surface area contributed by atoms with E-state index in [1.54, 1.807) is 28.5 Å². The first kappa shape index (κ1) is 33.4. The zero-order chi connectivity index (χ0) is 28.5. The molecule has 14 heteroatoms. The number of aliphatic carboxylic acids is 3. The Balaban J connectivity index is 2.76. The van der Waals surface area contributed by atoms with Gasteiger partial charge in [0.25, 0.3) is 0 Å². The van der Waals surface area contributed by atoms with Crippen LogP contribution in [0.2, 0.25) is 0 Å². The molecule has 0 bridgehead atoms. The molecule has 0 spiro atoms. The van der Waals surface area contributed by atoms with Crippen LogP contribution in [0.25, 0.3) is 0 Å². The summed E-state index contributed by atoms with van der Waals surface area (Å²) in [5.74, 6) is -3.17. The zero-order valence-corrected chi connectivity index (χ0v) is 22.5. The summed E-state index contributed by atoms with van der Waals surface area (Å²) in [5, 5.41) is 30.6. The molecule has 218 valence electrons. The summed E-state index contributed by atoms with van der Waals surface area (Å²) in [7, 11) is 0. The maximum absolute atomic E-state index is 12.6. The van der Waals surface area contributed by atoms with Crippen molar-refractivity contribution in [3.8, 4) is 0 Å². The topological polar surface area (TPSA) is 180 Å². The Morgan fingerprint density at radius 1 is 0.711 bits per heavy atom. The molecular weight excluding hydrogens is 502 g/mol. The van der Waals surface area contributed by atoms with Gasteiger partial charge in [-0.15, -0.1) is 0 Å². The highest BCUT2D eigenvalue weighted by Crippen LogP contribution is 2.02. The van der Waals surface area contributed by atoms with Gasteiger partial charge >= 0.3 is 17.9 Å². The van der Waals surface area contributed by atoms with Crippen LogP contribution < -0.4 is 5.32 Å². The van der Waals surface area contributed by atoms with E-state index in [4.69, 9.17) is 4.74 Å². The highest BCUT2D eigenvalue weighted by molar-refractivity contribution is 5.78. The van der Waals surface area contributed by atoms with Gasteiger partial charge in [0.05, 0.1) is 38.9 Å². The van der Waals surface area contributed by atoms with Gasteiger partial charge in [0.1, 0.15) is 5.78 Å². The highest BCUT2D eigenvalue weighted by Gasteiger charge is 2.21. The summed E-state index contributed by atoms with van der Waals surface area (Å²) in [4.78, 5) is 65.0. The molecule has 0 saturated carbocycles. The second-order valence-electron chi connectivity index (χ2n) is 9.41. The number of Topliss-reactive ketones (excluding diaryl/α,β-unsaturated/α-hetero) is 1. The Kier molecular flexibility index (Phi) is 16.3. The summed E-state index contributed by atoms with van der Waals surface area (Å²) in [6, 6.07) is 0. The van der Waals surface area contributed by atoms with Crippen LogP contribution >= 0.6 is 0 Å². The number of ether oxygens (including phenoxy) is 1. The molecule has 1 amide bonds. The van der Waals surface area contributed by atoms with Gasteiger partial charge in [-0.25, -0.2) is 0 Å². The van der Waals surface area contributed by atoms with Crippen LogP contribution in [-0.4, -0.2) is 162 Å². The van der Waals surface area contributed by atoms with Crippen molar-refractivity contribution in [3.63, 3.8) is 0 Å². The maximum atomic E-state index is 12.6. The fraction of sp³-hybridized carbons (Fsp3) is 0.792. The maximum Gasteiger partial charge on any atom is 0.317 e. The lowest BCUT2D eigenvalue weighted by Crippen LogP contribution is -2.50. The fourth-order valence-corrected chi connectivity index (χ4v) is 4.02. The van der Waals surface area contributed by atoms with E-state index in [2.05, 4.69) is 5.32 Å². The number of carboxylic acids is 3. The van der Waals surface area contributed by atoms with E-state index >= 15 is 0 Å². The predicted octanol–water partition coefficient (Wildman–Crippen LogP) is -1.65. The van der Waals surface area contributed by atoms with Gasteiger partial charge in [-0.3, -0.25) is 43.6 Å².